The van der Waals surface area contributed by atoms with Gasteiger partial charge in [0.2, 0.25) is 11.0 Å². The molecule has 0 fully saturated rings. The minimum atomic E-state index is -0.0528. The van der Waals surface area contributed by atoms with Gasteiger partial charge in [0.25, 0.3) is 0 Å². The number of anilines is 3. The van der Waals surface area contributed by atoms with Crippen LogP contribution in [0.15, 0.2) is 52.9 Å². The van der Waals surface area contributed by atoms with E-state index < -0.39 is 0 Å². The fourth-order valence-corrected chi connectivity index (χ4v) is 4.48. The van der Waals surface area contributed by atoms with E-state index in [2.05, 4.69) is 27.6 Å². The number of nitrogens with one attached hydrogen (secondary N) is 1. The average Bonchev–Trinajstić information content (AvgIpc) is 3.14. The number of hydrogen-bond donors (Lipinski definition) is 1. The second-order valence-corrected chi connectivity index (χ2v) is 8.65. The van der Waals surface area contributed by atoms with Crippen LogP contribution in [-0.4, -0.2) is 28.4 Å². The number of aromatic nitrogens is 2. The van der Waals surface area contributed by atoms with Gasteiger partial charge in [0, 0.05) is 17.9 Å². The summed E-state index contributed by atoms with van der Waals surface area (Å²) in [4.78, 5) is 14.6. The topological polar surface area (TPSA) is 81.9 Å². The third kappa shape index (κ3) is 6.04. The zero-order chi connectivity index (χ0) is 20.6. The summed E-state index contributed by atoms with van der Waals surface area (Å²) in [6, 6.07) is 17.9. The highest BCUT2D eigenvalue weighted by molar-refractivity contribution is 8.01. The van der Waals surface area contributed by atoms with Gasteiger partial charge in [-0.25, -0.2) is 0 Å². The second-order valence-electron chi connectivity index (χ2n) is 6.45. The maximum absolute atomic E-state index is 12.9. The van der Waals surface area contributed by atoms with Gasteiger partial charge in [0.05, 0.1) is 18.2 Å². The number of hydrogen-bond acceptors (Lipinski definition) is 7. The fourth-order valence-electron chi connectivity index (χ4n) is 2.83. The van der Waals surface area contributed by atoms with Crippen LogP contribution >= 0.6 is 23.1 Å². The van der Waals surface area contributed by atoms with Crippen LogP contribution in [0.25, 0.3) is 0 Å². The summed E-state index contributed by atoms with van der Waals surface area (Å²) in [6.07, 6.45) is 0.285. The molecule has 29 heavy (non-hydrogen) atoms. The van der Waals surface area contributed by atoms with E-state index >= 15 is 0 Å². The molecule has 1 heterocycles. The molecule has 1 N–H and O–H groups in total. The van der Waals surface area contributed by atoms with Crippen LogP contribution in [0.3, 0.4) is 0 Å². The molecule has 2 aromatic carbocycles. The fraction of sp³-hybridized carbons (Fsp3) is 0.238. The minimum Gasteiger partial charge on any atom is -0.330 e. The van der Waals surface area contributed by atoms with E-state index in [1.807, 2.05) is 56.3 Å². The van der Waals surface area contributed by atoms with Crippen molar-refractivity contribution in [3.05, 3.63) is 59.7 Å². The van der Waals surface area contributed by atoms with E-state index in [0.29, 0.717) is 11.7 Å². The number of benzene rings is 2. The molecular weight excluding hydrogens is 402 g/mol. The number of thioether (sulfide) groups is 1. The van der Waals surface area contributed by atoms with Gasteiger partial charge in [-0.1, -0.05) is 47.4 Å². The van der Waals surface area contributed by atoms with Gasteiger partial charge in [-0.05, 0) is 49.2 Å². The summed E-state index contributed by atoms with van der Waals surface area (Å²) in [6.45, 7) is 4.37. The molecule has 1 aromatic heterocycles. The molecular formula is C21H21N5OS2. The van der Waals surface area contributed by atoms with Crippen LogP contribution in [-0.2, 0) is 4.79 Å². The summed E-state index contributed by atoms with van der Waals surface area (Å²) < 4.78 is 0.720. The smallest absolute Gasteiger partial charge is 0.237 e. The van der Waals surface area contributed by atoms with Crippen LogP contribution in [0.2, 0.25) is 0 Å². The maximum atomic E-state index is 12.9. The molecule has 148 valence electrons. The van der Waals surface area contributed by atoms with Gasteiger partial charge in [0.1, 0.15) is 0 Å². The Labute approximate surface area is 178 Å². The van der Waals surface area contributed by atoms with Crippen LogP contribution in [0.4, 0.5) is 16.5 Å². The second kappa shape index (κ2) is 10.0. The highest BCUT2D eigenvalue weighted by Crippen LogP contribution is 2.28. The Morgan fingerprint density at radius 2 is 1.90 bits per heavy atom. The molecule has 1 amide bonds. The van der Waals surface area contributed by atoms with Crippen LogP contribution in [0.5, 0.6) is 0 Å². The third-order valence-corrected chi connectivity index (χ3v) is 5.97. The SMILES string of the molecule is Cc1cc(C)cc(N(CCC#N)C(=O)CSc2nnc(Nc3ccccc3)s2)c1. The first-order valence-corrected chi connectivity index (χ1v) is 10.9. The predicted molar refractivity (Wildman–Crippen MR) is 119 cm³/mol. The normalized spacial score (nSPS) is 10.4. The molecule has 0 bridgehead atoms. The lowest BCUT2D eigenvalue weighted by atomic mass is 10.1. The van der Waals surface area contributed by atoms with Crippen molar-refractivity contribution in [1.29, 1.82) is 5.26 Å². The lowest BCUT2D eigenvalue weighted by Crippen LogP contribution is -2.33. The van der Waals surface area contributed by atoms with Gasteiger partial charge in [0.15, 0.2) is 4.34 Å². The molecule has 0 aliphatic carbocycles. The van der Waals surface area contributed by atoms with Crippen LogP contribution < -0.4 is 10.2 Å². The van der Waals surface area contributed by atoms with E-state index in [0.717, 1.165) is 26.8 Å². The number of nitrogens with zero attached hydrogens (tertiary/aromatic N) is 4. The van der Waals surface area contributed by atoms with Crippen molar-refractivity contribution < 1.29 is 4.79 Å². The van der Waals surface area contributed by atoms with Crippen molar-refractivity contribution >= 4 is 45.5 Å². The van der Waals surface area contributed by atoms with Crippen molar-refractivity contribution in [2.24, 2.45) is 0 Å². The number of amides is 1. The highest BCUT2D eigenvalue weighted by atomic mass is 32.2. The Bertz CT molecular complexity index is 993. The van der Waals surface area contributed by atoms with E-state index in [9.17, 15) is 4.79 Å². The largest absolute Gasteiger partial charge is 0.330 e. The Hall–Kier alpha value is -2.89. The van der Waals surface area contributed by atoms with Gasteiger partial charge < -0.3 is 10.2 Å². The molecule has 0 radical (unpaired) electrons. The highest BCUT2D eigenvalue weighted by Gasteiger charge is 2.17. The van der Waals surface area contributed by atoms with Crippen LogP contribution in [0.1, 0.15) is 17.5 Å². The van der Waals surface area contributed by atoms with Crippen molar-refractivity contribution in [2.45, 2.75) is 24.6 Å². The Balaban J connectivity index is 1.65. The summed E-state index contributed by atoms with van der Waals surface area (Å²) in [7, 11) is 0. The number of rotatable bonds is 8. The molecule has 0 saturated carbocycles. The molecule has 8 heteroatoms. The molecule has 6 nitrogen and oxygen atoms in total. The van der Waals surface area contributed by atoms with E-state index in [1.54, 1.807) is 4.90 Å². The third-order valence-electron chi connectivity index (χ3n) is 4.02. The summed E-state index contributed by atoms with van der Waals surface area (Å²) >= 11 is 2.76. The average molecular weight is 424 g/mol. The Morgan fingerprint density at radius 1 is 1.17 bits per heavy atom. The maximum Gasteiger partial charge on any atom is 0.237 e. The molecule has 3 aromatic rings. The van der Waals surface area contributed by atoms with Gasteiger partial charge in [-0.3, -0.25) is 4.79 Å². The van der Waals surface area contributed by atoms with Gasteiger partial charge >= 0.3 is 0 Å². The molecule has 0 aliphatic rings. The summed E-state index contributed by atoms with van der Waals surface area (Å²) in [5.74, 6) is 0.182. The van der Waals surface area contributed by atoms with Crippen molar-refractivity contribution in [3.63, 3.8) is 0 Å². The lowest BCUT2D eigenvalue weighted by molar-refractivity contribution is -0.116. The van der Waals surface area contributed by atoms with Crippen LogP contribution in [0, 0.1) is 25.2 Å². The predicted octanol–water partition coefficient (Wildman–Crippen LogP) is 4.94. The van der Waals surface area contributed by atoms with Gasteiger partial charge in [-0.15, -0.1) is 10.2 Å². The zero-order valence-corrected chi connectivity index (χ0v) is 17.9. The number of nitriles is 1. The van der Waals surface area contributed by atoms with E-state index in [-0.39, 0.29) is 18.1 Å². The monoisotopic (exact) mass is 423 g/mol. The standard InChI is InChI=1S/C21H21N5OS2/c1-15-11-16(2)13-18(12-15)26(10-6-9-22)19(27)14-28-21-25-24-20(29-21)23-17-7-4-3-5-8-17/h3-5,7-8,11-13H,6,10,14H2,1-2H3,(H,23,24). The molecule has 0 saturated heterocycles. The molecule has 0 spiro atoms. The first kappa shape index (κ1) is 20.8. The van der Waals surface area contributed by atoms with Crippen molar-refractivity contribution in [2.75, 3.05) is 22.5 Å². The lowest BCUT2D eigenvalue weighted by Gasteiger charge is -2.22. The van der Waals surface area contributed by atoms with Crippen molar-refractivity contribution in [3.8, 4) is 6.07 Å². The molecule has 0 atom stereocenters. The quantitative estimate of drug-likeness (QED) is 0.517. The van der Waals surface area contributed by atoms with E-state index in [4.69, 9.17) is 5.26 Å². The number of carbonyl (C=O) groups excluding carboxylic acids is 1. The van der Waals surface area contributed by atoms with E-state index in [1.165, 1.54) is 23.1 Å². The number of aryl methyl sites for hydroxylation is 2. The molecule has 0 unspecified atom stereocenters. The Morgan fingerprint density at radius 3 is 2.59 bits per heavy atom. The molecule has 0 aliphatic heterocycles. The number of carbonyl (C=O) groups is 1. The Kier molecular flexibility index (Phi) is 7.22. The first-order valence-electron chi connectivity index (χ1n) is 9.09. The minimum absolute atomic E-state index is 0.0528. The zero-order valence-electron chi connectivity index (χ0n) is 16.3. The van der Waals surface area contributed by atoms with Crippen molar-refractivity contribution in [1.82, 2.24) is 10.2 Å². The summed E-state index contributed by atoms with van der Waals surface area (Å²) in [5, 5.41) is 21.1. The summed E-state index contributed by atoms with van der Waals surface area (Å²) in [5.41, 5.74) is 3.94. The first-order chi connectivity index (χ1) is 14.0. The molecule has 3 rings (SSSR count). The number of para-hydroxylation sites is 1. The van der Waals surface area contributed by atoms with Gasteiger partial charge in [-0.2, -0.15) is 5.26 Å².